The molecule has 2 fully saturated rings. The molecule has 0 unspecified atom stereocenters. The van der Waals surface area contributed by atoms with Crippen LogP contribution in [0, 0.1) is 0 Å². The normalized spacial score (nSPS) is 27.2. The molecule has 2 saturated heterocycles. The van der Waals surface area contributed by atoms with Gasteiger partial charge < -0.3 is 18.6 Å². The summed E-state index contributed by atoms with van der Waals surface area (Å²) in [4.78, 5) is 0. The zero-order valence-electron chi connectivity index (χ0n) is 17.7. The van der Waals surface area contributed by atoms with Crippen LogP contribution in [0.1, 0.15) is 88.0 Å². The molecule has 2 aliphatic heterocycles. The number of allylic oxidation sites excluding steroid dienone is 1. The first-order valence-electron chi connectivity index (χ1n) is 9.73. The first kappa shape index (κ1) is 21.0. The van der Waals surface area contributed by atoms with Crippen LogP contribution in [0.4, 0.5) is 0 Å². The molecule has 0 N–H and O–H groups in total. The Morgan fingerprint density at radius 2 is 1.16 bits per heavy atom. The molecule has 2 aliphatic rings. The van der Waals surface area contributed by atoms with Crippen LogP contribution in [0.2, 0.25) is 0 Å². The van der Waals surface area contributed by atoms with E-state index < -0.39 is 0 Å². The van der Waals surface area contributed by atoms with Crippen LogP contribution >= 0.6 is 0 Å². The average molecular weight is 350 g/mol. The van der Waals surface area contributed by atoms with Gasteiger partial charge in [-0.25, -0.2) is 0 Å². The van der Waals surface area contributed by atoms with Gasteiger partial charge in [-0.3, -0.25) is 0 Å². The number of hydrogen-bond donors (Lipinski definition) is 0. The van der Waals surface area contributed by atoms with E-state index in [-0.39, 0.29) is 36.6 Å². The molecule has 4 nitrogen and oxygen atoms in total. The lowest BCUT2D eigenvalue weighted by Gasteiger charge is -2.32. The zero-order chi connectivity index (χ0) is 19.1. The molecule has 6 heteroatoms. The molecule has 0 atom stereocenters. The summed E-state index contributed by atoms with van der Waals surface area (Å²) in [5.74, 6) is 2.08. The molecule has 0 aromatic carbocycles. The minimum atomic E-state index is -0.361. The molecule has 0 aromatic rings. The number of hydrogen-bond acceptors (Lipinski definition) is 4. The van der Waals surface area contributed by atoms with Gasteiger partial charge in [-0.2, -0.15) is 0 Å². The second kappa shape index (κ2) is 7.03. The van der Waals surface area contributed by atoms with Crippen molar-refractivity contribution in [3.8, 4) is 0 Å². The van der Waals surface area contributed by atoms with E-state index in [0.29, 0.717) is 0 Å². The molecule has 0 aromatic heterocycles. The van der Waals surface area contributed by atoms with Crippen LogP contribution in [0.3, 0.4) is 0 Å². The Balaban J connectivity index is 2.20. The van der Waals surface area contributed by atoms with Crippen molar-refractivity contribution in [2.75, 3.05) is 0 Å². The highest BCUT2D eigenvalue weighted by atomic mass is 16.7. The summed E-state index contributed by atoms with van der Waals surface area (Å²) in [6, 6.07) is 0. The summed E-state index contributed by atoms with van der Waals surface area (Å²) in [7, 11) is -0.693. The molecule has 0 spiro atoms. The van der Waals surface area contributed by atoms with Crippen molar-refractivity contribution in [3.63, 3.8) is 0 Å². The lowest BCUT2D eigenvalue weighted by molar-refractivity contribution is 0.00578. The molecule has 0 aliphatic carbocycles. The van der Waals surface area contributed by atoms with E-state index >= 15 is 0 Å². The van der Waals surface area contributed by atoms with Crippen LogP contribution in [0.5, 0.6) is 0 Å². The van der Waals surface area contributed by atoms with E-state index in [9.17, 15) is 0 Å². The average Bonchev–Trinajstić information content (AvgIpc) is 2.77. The Hall–Kier alpha value is -0.290. The Morgan fingerprint density at radius 3 is 1.60 bits per heavy atom. The molecule has 142 valence electrons. The van der Waals surface area contributed by atoms with Crippen LogP contribution in [-0.2, 0) is 18.6 Å². The van der Waals surface area contributed by atoms with Crippen LogP contribution < -0.4 is 0 Å². The minimum absolute atomic E-state index is 0.333. The van der Waals surface area contributed by atoms with Crippen LogP contribution in [0.25, 0.3) is 0 Å². The molecule has 2 rings (SSSR count). The van der Waals surface area contributed by atoms with Crippen molar-refractivity contribution in [3.05, 3.63) is 11.4 Å². The maximum absolute atomic E-state index is 6.27. The summed E-state index contributed by atoms with van der Waals surface area (Å²) < 4.78 is 24.8. The highest BCUT2D eigenvalue weighted by molar-refractivity contribution is 6.60. The summed E-state index contributed by atoms with van der Waals surface area (Å²) in [5, 5.41) is 0. The largest absolute Gasteiger partial charge is 0.489 e. The first-order chi connectivity index (χ1) is 11.3. The molecule has 25 heavy (non-hydrogen) atoms. The Labute approximate surface area is 155 Å². The number of rotatable bonds is 6. The van der Waals surface area contributed by atoms with Crippen molar-refractivity contribution in [2.24, 2.45) is 0 Å². The molecule has 0 saturated carbocycles. The van der Waals surface area contributed by atoms with Gasteiger partial charge in [0, 0.05) is 0 Å². The fourth-order valence-corrected chi connectivity index (χ4v) is 2.98. The van der Waals surface area contributed by atoms with E-state index in [1.165, 1.54) is 12.8 Å². The van der Waals surface area contributed by atoms with Gasteiger partial charge in [0.1, 0.15) is 0 Å². The maximum Gasteiger partial charge on any atom is 0.489 e. The second-order valence-corrected chi connectivity index (χ2v) is 9.41. The Bertz CT molecular complexity index is 480. The quantitative estimate of drug-likeness (QED) is 0.512. The molecule has 0 amide bonds. The van der Waals surface area contributed by atoms with Crippen molar-refractivity contribution in [1.82, 2.24) is 0 Å². The summed E-state index contributed by atoms with van der Waals surface area (Å²) >= 11 is 0. The minimum Gasteiger partial charge on any atom is -0.400 e. The van der Waals surface area contributed by atoms with E-state index in [0.717, 1.165) is 18.3 Å². The smallest absolute Gasteiger partial charge is 0.400 e. The molecular formula is C19H36B2O4. The van der Waals surface area contributed by atoms with E-state index in [1.807, 2.05) is 0 Å². The van der Waals surface area contributed by atoms with Crippen molar-refractivity contribution in [1.29, 1.82) is 0 Å². The van der Waals surface area contributed by atoms with Gasteiger partial charge in [-0.1, -0.05) is 32.2 Å². The predicted octanol–water partition coefficient (Wildman–Crippen LogP) is 4.76. The summed E-state index contributed by atoms with van der Waals surface area (Å²) in [5.41, 5.74) is -0.211. The first-order valence-corrected chi connectivity index (χ1v) is 9.73. The lowest BCUT2D eigenvalue weighted by Crippen LogP contribution is -2.41. The van der Waals surface area contributed by atoms with Gasteiger partial charge in [0.05, 0.1) is 22.4 Å². The van der Waals surface area contributed by atoms with E-state index in [1.54, 1.807) is 0 Å². The third-order valence-corrected chi connectivity index (χ3v) is 6.25. The highest BCUT2D eigenvalue weighted by Crippen LogP contribution is 2.41. The third kappa shape index (κ3) is 4.35. The maximum atomic E-state index is 6.27. The molecule has 2 heterocycles. The number of unbranched alkanes of at least 4 members (excludes halogenated alkanes) is 2. The van der Waals surface area contributed by atoms with Gasteiger partial charge in [-0.05, 0) is 67.3 Å². The highest BCUT2D eigenvalue weighted by Gasteiger charge is 2.54. The Kier molecular flexibility index (Phi) is 5.91. The molecular weight excluding hydrogens is 314 g/mol. The van der Waals surface area contributed by atoms with Gasteiger partial charge in [0.2, 0.25) is 0 Å². The van der Waals surface area contributed by atoms with Gasteiger partial charge in [0.15, 0.2) is 0 Å². The van der Waals surface area contributed by atoms with Crippen LogP contribution in [-0.4, -0.2) is 36.6 Å². The zero-order valence-corrected chi connectivity index (χ0v) is 17.7. The molecule has 0 radical (unpaired) electrons. The summed E-state index contributed by atoms with van der Waals surface area (Å²) in [6.07, 6.45) is 4.44. The lowest BCUT2D eigenvalue weighted by atomic mass is 9.69. The second-order valence-electron chi connectivity index (χ2n) is 9.41. The predicted molar refractivity (Wildman–Crippen MR) is 104 cm³/mol. The topological polar surface area (TPSA) is 36.9 Å². The van der Waals surface area contributed by atoms with Gasteiger partial charge in [-0.15, -0.1) is 0 Å². The SMILES string of the molecule is CCCCC/C(=C\B1OC(C)(C)C(C)(C)O1)B1OC(C)(C)C(C)(C)O1. The van der Waals surface area contributed by atoms with E-state index in [4.69, 9.17) is 18.6 Å². The van der Waals surface area contributed by atoms with Gasteiger partial charge in [0.25, 0.3) is 0 Å². The van der Waals surface area contributed by atoms with Crippen molar-refractivity contribution < 1.29 is 18.6 Å². The standard InChI is InChI=1S/C19H36B2O4/c1-10-11-12-13-15(21-24-18(6,7)19(8,9)25-21)14-20-22-16(2,3)17(4,5)23-20/h14H,10-13H2,1-9H3/b15-14+. The molecule has 0 bridgehead atoms. The fraction of sp³-hybridized carbons (Fsp3) is 0.895. The fourth-order valence-electron chi connectivity index (χ4n) is 2.98. The van der Waals surface area contributed by atoms with Crippen molar-refractivity contribution in [2.45, 2.75) is 110 Å². The summed E-state index contributed by atoms with van der Waals surface area (Å²) in [6.45, 7) is 18.9. The van der Waals surface area contributed by atoms with Crippen molar-refractivity contribution >= 4 is 14.2 Å². The Morgan fingerprint density at radius 1 is 0.720 bits per heavy atom. The third-order valence-electron chi connectivity index (χ3n) is 6.25. The van der Waals surface area contributed by atoms with Gasteiger partial charge >= 0.3 is 14.2 Å². The van der Waals surface area contributed by atoms with E-state index in [2.05, 4.69) is 68.3 Å². The monoisotopic (exact) mass is 350 g/mol. The van der Waals surface area contributed by atoms with Crippen LogP contribution in [0.15, 0.2) is 11.4 Å².